The average Bonchev–Trinajstić information content (AvgIpc) is 3.03. The van der Waals surface area contributed by atoms with E-state index in [2.05, 4.69) is 98.5 Å². The smallest absolute Gasteiger partial charge is 0.343 e. The van der Waals surface area contributed by atoms with Crippen LogP contribution in [-0.2, 0) is 0 Å². The molecule has 0 radical (unpaired) electrons. The number of carbonyl (C=O) groups excluding carboxylic acids is 1. The van der Waals surface area contributed by atoms with Crippen LogP contribution in [0, 0.1) is 6.92 Å². The number of rotatable bonds is 7. The van der Waals surface area contributed by atoms with Crippen molar-refractivity contribution in [2.75, 3.05) is 4.90 Å². The van der Waals surface area contributed by atoms with Gasteiger partial charge in [0.05, 0.1) is 11.3 Å². The normalized spacial score (nSPS) is 11.0. The molecule has 42 heavy (non-hydrogen) atoms. The predicted octanol–water partition coefficient (Wildman–Crippen LogP) is 10.6. The van der Waals surface area contributed by atoms with E-state index in [1.807, 2.05) is 66.7 Å². The van der Waals surface area contributed by atoms with Crippen LogP contribution < -0.4 is 9.64 Å². The van der Waals surface area contributed by atoms with E-state index >= 15 is 0 Å². The summed E-state index contributed by atoms with van der Waals surface area (Å²) in [5.74, 6) is 0.596. The summed E-state index contributed by atoms with van der Waals surface area (Å²) < 4.78 is 5.76. The Kier molecular flexibility index (Phi) is 7.57. The topological polar surface area (TPSA) is 29.5 Å². The summed E-state index contributed by atoms with van der Waals surface area (Å²) in [4.78, 5) is 15.3. The number of hydrogen-bond donors (Lipinski definition) is 0. The van der Waals surface area contributed by atoms with Gasteiger partial charge in [-0.1, -0.05) is 98.8 Å². The second-order valence-electron chi connectivity index (χ2n) is 10.9. The maximum atomic E-state index is 13.1. The quantitative estimate of drug-likeness (QED) is 0.147. The van der Waals surface area contributed by atoms with Crippen molar-refractivity contribution in [3.05, 3.63) is 156 Å². The predicted molar refractivity (Wildman–Crippen MR) is 174 cm³/mol. The molecule has 0 atom stereocenters. The van der Waals surface area contributed by atoms with Gasteiger partial charge >= 0.3 is 5.97 Å². The first-order valence-corrected chi connectivity index (χ1v) is 14.3. The summed E-state index contributed by atoms with van der Waals surface area (Å²) in [6.07, 6.45) is 0. The second kappa shape index (κ2) is 11.8. The van der Waals surface area contributed by atoms with Crippen molar-refractivity contribution in [1.82, 2.24) is 0 Å². The Morgan fingerprint density at radius 3 is 2.07 bits per heavy atom. The van der Waals surface area contributed by atoms with E-state index in [0.717, 1.165) is 28.0 Å². The fraction of sp³-hybridized carbons (Fsp3) is 0.103. The summed E-state index contributed by atoms with van der Waals surface area (Å²) in [5, 5.41) is 2.33. The van der Waals surface area contributed by atoms with Crippen molar-refractivity contribution in [3.63, 3.8) is 0 Å². The lowest BCUT2D eigenvalue weighted by atomic mass is 9.94. The van der Waals surface area contributed by atoms with Crippen molar-refractivity contribution in [1.29, 1.82) is 0 Å². The fourth-order valence-electron chi connectivity index (χ4n) is 5.33. The summed E-state index contributed by atoms with van der Waals surface area (Å²) in [6.45, 7) is 6.52. The first-order chi connectivity index (χ1) is 20.5. The zero-order valence-electron chi connectivity index (χ0n) is 24.1. The Labute approximate surface area is 247 Å². The Bertz CT molecular complexity index is 1830. The molecule has 0 heterocycles. The van der Waals surface area contributed by atoms with Gasteiger partial charge < -0.3 is 9.64 Å². The van der Waals surface area contributed by atoms with E-state index in [9.17, 15) is 4.79 Å². The minimum atomic E-state index is -0.385. The van der Waals surface area contributed by atoms with E-state index in [0.29, 0.717) is 17.2 Å². The number of carbonyl (C=O) groups is 1. The third kappa shape index (κ3) is 5.55. The van der Waals surface area contributed by atoms with Gasteiger partial charge in [-0.3, -0.25) is 0 Å². The molecular weight excluding hydrogens is 514 g/mol. The first kappa shape index (κ1) is 27.0. The molecule has 0 aliphatic rings. The van der Waals surface area contributed by atoms with Crippen LogP contribution in [0.4, 0.5) is 17.1 Å². The maximum Gasteiger partial charge on any atom is 0.343 e. The van der Waals surface area contributed by atoms with E-state index < -0.39 is 0 Å². The molecule has 0 spiro atoms. The number of aryl methyl sites for hydroxylation is 1. The molecule has 0 bridgehead atoms. The number of nitrogens with zero attached hydrogens (tertiary/aromatic N) is 1. The number of esters is 1. The van der Waals surface area contributed by atoms with Gasteiger partial charge in [0.2, 0.25) is 0 Å². The van der Waals surface area contributed by atoms with Crippen molar-refractivity contribution in [3.8, 4) is 16.9 Å². The van der Waals surface area contributed by atoms with Crippen molar-refractivity contribution in [2.24, 2.45) is 0 Å². The number of hydrogen-bond acceptors (Lipinski definition) is 3. The number of benzene rings is 6. The van der Waals surface area contributed by atoms with Gasteiger partial charge in [-0.05, 0) is 95.1 Å². The summed E-state index contributed by atoms with van der Waals surface area (Å²) in [7, 11) is 0. The van der Waals surface area contributed by atoms with Gasteiger partial charge in [-0.15, -0.1) is 0 Å². The summed E-state index contributed by atoms with van der Waals surface area (Å²) in [6, 6.07) is 46.9. The molecule has 0 saturated heterocycles. The van der Waals surface area contributed by atoms with Gasteiger partial charge in [-0.2, -0.15) is 0 Å². The van der Waals surface area contributed by atoms with Crippen LogP contribution in [0.5, 0.6) is 5.75 Å². The highest BCUT2D eigenvalue weighted by Crippen LogP contribution is 2.38. The molecule has 6 aromatic rings. The minimum Gasteiger partial charge on any atom is -0.423 e. The average molecular weight is 548 g/mol. The highest BCUT2D eigenvalue weighted by atomic mass is 16.5. The number of fused-ring (bicyclic) bond motifs is 1. The second-order valence-corrected chi connectivity index (χ2v) is 10.9. The Hall–Kier alpha value is -5.15. The summed E-state index contributed by atoms with van der Waals surface area (Å²) >= 11 is 0. The molecule has 0 aliphatic heterocycles. The first-order valence-electron chi connectivity index (χ1n) is 14.3. The molecule has 0 N–H and O–H groups in total. The van der Waals surface area contributed by atoms with Crippen molar-refractivity contribution in [2.45, 2.75) is 26.7 Å². The molecule has 206 valence electrons. The van der Waals surface area contributed by atoms with Crippen LogP contribution in [0.2, 0.25) is 0 Å². The Balaban J connectivity index is 1.25. The van der Waals surface area contributed by atoms with Gasteiger partial charge in [0.1, 0.15) is 5.75 Å². The molecule has 3 nitrogen and oxygen atoms in total. The monoisotopic (exact) mass is 547 g/mol. The zero-order valence-corrected chi connectivity index (χ0v) is 24.1. The highest BCUT2D eigenvalue weighted by molar-refractivity contribution is 5.99. The standard InChI is InChI=1S/C39H33NO2/c1-27(2)32-17-16-28(3)37(26-32)30-20-24-35(25-21-30)42-39(41)31-18-22-34(23-19-31)40(33-12-5-4-6-13-33)38-15-9-11-29-10-7-8-14-36(29)38/h4-27H,1-3H3. The summed E-state index contributed by atoms with van der Waals surface area (Å²) in [5.41, 5.74) is 8.39. The maximum absolute atomic E-state index is 13.1. The van der Waals surface area contributed by atoms with Crippen LogP contribution in [0.15, 0.2) is 140 Å². The van der Waals surface area contributed by atoms with E-state index in [-0.39, 0.29) is 5.97 Å². The molecule has 0 aliphatic carbocycles. The lowest BCUT2D eigenvalue weighted by molar-refractivity contribution is 0.0735. The van der Waals surface area contributed by atoms with Gasteiger partial charge in [0.15, 0.2) is 0 Å². The third-order valence-electron chi connectivity index (χ3n) is 7.69. The largest absolute Gasteiger partial charge is 0.423 e. The molecule has 0 fully saturated rings. The Morgan fingerprint density at radius 1 is 0.667 bits per heavy atom. The number of ether oxygens (including phenoxy) is 1. The van der Waals surface area contributed by atoms with Crippen LogP contribution in [0.1, 0.15) is 41.3 Å². The van der Waals surface area contributed by atoms with E-state index in [4.69, 9.17) is 4.74 Å². The van der Waals surface area contributed by atoms with E-state index in [1.54, 1.807) is 0 Å². The SMILES string of the molecule is Cc1ccc(C(C)C)cc1-c1ccc(OC(=O)c2ccc(N(c3ccccc3)c3cccc4ccccc34)cc2)cc1. The molecule has 0 amide bonds. The van der Waals surface area contributed by atoms with Crippen LogP contribution in [-0.4, -0.2) is 5.97 Å². The lowest BCUT2D eigenvalue weighted by Gasteiger charge is -2.27. The van der Waals surface area contributed by atoms with Crippen LogP contribution in [0.3, 0.4) is 0 Å². The minimum absolute atomic E-state index is 0.385. The number of para-hydroxylation sites is 1. The molecule has 0 aromatic heterocycles. The van der Waals surface area contributed by atoms with Crippen LogP contribution in [0.25, 0.3) is 21.9 Å². The van der Waals surface area contributed by atoms with Gasteiger partial charge in [0.25, 0.3) is 0 Å². The molecule has 3 heteroatoms. The molecule has 6 aromatic carbocycles. The molecular formula is C39H33NO2. The van der Waals surface area contributed by atoms with Crippen LogP contribution >= 0.6 is 0 Å². The van der Waals surface area contributed by atoms with Crippen molar-refractivity contribution < 1.29 is 9.53 Å². The molecule has 6 rings (SSSR count). The molecule has 0 saturated carbocycles. The van der Waals surface area contributed by atoms with Gasteiger partial charge in [0, 0.05) is 16.8 Å². The molecule has 0 unspecified atom stereocenters. The zero-order chi connectivity index (χ0) is 29.1. The van der Waals surface area contributed by atoms with Crippen molar-refractivity contribution >= 4 is 33.8 Å². The number of anilines is 3. The third-order valence-corrected chi connectivity index (χ3v) is 7.69. The highest BCUT2D eigenvalue weighted by Gasteiger charge is 2.16. The Morgan fingerprint density at radius 2 is 1.33 bits per heavy atom. The van der Waals surface area contributed by atoms with E-state index in [1.165, 1.54) is 22.1 Å². The van der Waals surface area contributed by atoms with Gasteiger partial charge in [-0.25, -0.2) is 4.79 Å². The lowest BCUT2D eigenvalue weighted by Crippen LogP contribution is -2.12. The fourth-order valence-corrected chi connectivity index (χ4v) is 5.33.